The van der Waals surface area contributed by atoms with Gasteiger partial charge in [0.15, 0.2) is 0 Å². The summed E-state index contributed by atoms with van der Waals surface area (Å²) in [5.41, 5.74) is 5.30. The molecule has 2 unspecified atom stereocenters. The van der Waals surface area contributed by atoms with Gasteiger partial charge in [0.25, 0.3) is 11.8 Å². The van der Waals surface area contributed by atoms with Gasteiger partial charge in [0.2, 0.25) is 0 Å². The Morgan fingerprint density at radius 1 is 0.867 bits per heavy atom. The van der Waals surface area contributed by atoms with E-state index in [1.165, 1.54) is 0 Å². The predicted molar refractivity (Wildman–Crippen MR) is 181 cm³/mol. The fourth-order valence-electron chi connectivity index (χ4n) is 5.94. The molecular weight excluding hydrogens is 566 g/mol. The van der Waals surface area contributed by atoms with E-state index in [0.29, 0.717) is 17.5 Å². The second-order valence-corrected chi connectivity index (χ2v) is 15.2. The maximum absolute atomic E-state index is 14.5. The zero-order valence-corrected chi connectivity index (χ0v) is 29.6. The lowest BCUT2D eigenvalue weighted by molar-refractivity contribution is 0.00578. The minimum atomic E-state index is -0.610. The summed E-state index contributed by atoms with van der Waals surface area (Å²) >= 11 is 0. The molecular formula is C35H52B2N2O6. The highest BCUT2D eigenvalue weighted by Gasteiger charge is 2.52. The Morgan fingerprint density at radius 2 is 1.38 bits per heavy atom. The van der Waals surface area contributed by atoms with E-state index in [4.69, 9.17) is 18.6 Å². The molecule has 1 N–H and O–H groups in total. The summed E-state index contributed by atoms with van der Waals surface area (Å²) in [6, 6.07) is 10.9. The van der Waals surface area contributed by atoms with Crippen molar-refractivity contribution in [1.82, 2.24) is 10.4 Å². The van der Waals surface area contributed by atoms with Crippen LogP contribution in [0.2, 0.25) is 0 Å². The minimum absolute atomic E-state index is 0.108. The average molecular weight is 618 g/mol. The van der Waals surface area contributed by atoms with Crippen molar-refractivity contribution in [3.05, 3.63) is 58.7 Å². The SMILES string of the molecule is CCCC(N(NC(=O)c1cccc(B2OC(C)(C)C(C)(C)O2)c1C)C(=O)c1cccc(B2OC(C)C(C)(C)O2)c1C)C(C)(C)C. The van der Waals surface area contributed by atoms with E-state index < -0.39 is 31.0 Å². The highest BCUT2D eigenvalue weighted by Crippen LogP contribution is 2.37. The lowest BCUT2D eigenvalue weighted by Crippen LogP contribution is -2.56. The zero-order valence-electron chi connectivity index (χ0n) is 29.6. The van der Waals surface area contributed by atoms with Crippen LogP contribution in [0.3, 0.4) is 0 Å². The second-order valence-electron chi connectivity index (χ2n) is 15.2. The number of hydrogen-bond acceptors (Lipinski definition) is 6. The van der Waals surface area contributed by atoms with Crippen molar-refractivity contribution in [3.63, 3.8) is 0 Å². The van der Waals surface area contributed by atoms with Gasteiger partial charge in [-0.2, -0.15) is 0 Å². The van der Waals surface area contributed by atoms with Crippen LogP contribution < -0.4 is 16.4 Å². The van der Waals surface area contributed by atoms with Crippen LogP contribution in [-0.2, 0) is 18.6 Å². The standard InChI is InChI=1S/C35H52B2N2O6/c1-14-17-29(32(5,6)7)39(31(41)26-19-16-20-27(23(26)3)36-42-24(4)33(8,9)43-36)38-30(40)25-18-15-21-28(22(25)2)37-44-34(10,11)35(12,13)45-37/h15-16,18-21,24,29H,14,17H2,1-13H3,(H,38,40). The van der Waals surface area contributed by atoms with Crippen LogP contribution in [-0.4, -0.2) is 60.0 Å². The van der Waals surface area contributed by atoms with E-state index in [0.717, 1.165) is 28.5 Å². The third kappa shape index (κ3) is 6.90. The molecule has 0 spiro atoms. The predicted octanol–water partition coefficient (Wildman–Crippen LogP) is 5.51. The molecule has 45 heavy (non-hydrogen) atoms. The van der Waals surface area contributed by atoms with Gasteiger partial charge in [-0.1, -0.05) is 58.4 Å². The van der Waals surface area contributed by atoms with E-state index >= 15 is 0 Å². The normalized spacial score (nSPS) is 21.1. The van der Waals surface area contributed by atoms with Gasteiger partial charge in [-0.05, 0) is 108 Å². The van der Waals surface area contributed by atoms with Crippen LogP contribution in [0.25, 0.3) is 0 Å². The Labute approximate surface area is 271 Å². The molecule has 2 heterocycles. The van der Waals surface area contributed by atoms with Crippen LogP contribution in [0.1, 0.15) is 121 Å². The number of carbonyl (C=O) groups excluding carboxylic acids is 2. The third-order valence-electron chi connectivity index (χ3n) is 10.0. The summed E-state index contributed by atoms with van der Waals surface area (Å²) in [4.78, 5) is 28.7. The summed E-state index contributed by atoms with van der Waals surface area (Å²) in [6.07, 6.45) is 1.44. The first-order chi connectivity index (χ1) is 20.7. The van der Waals surface area contributed by atoms with Gasteiger partial charge < -0.3 is 18.6 Å². The monoisotopic (exact) mass is 618 g/mol. The summed E-state index contributed by atoms with van der Waals surface area (Å²) in [6.45, 7) is 26.2. The van der Waals surface area contributed by atoms with Crippen LogP contribution in [0.5, 0.6) is 0 Å². The maximum Gasteiger partial charge on any atom is 0.495 e. The van der Waals surface area contributed by atoms with Gasteiger partial charge in [0, 0.05) is 11.1 Å². The van der Waals surface area contributed by atoms with E-state index in [-0.39, 0.29) is 29.4 Å². The second kappa shape index (κ2) is 12.5. The number of carbonyl (C=O) groups is 2. The third-order valence-corrected chi connectivity index (χ3v) is 10.0. The molecule has 0 saturated carbocycles. The van der Waals surface area contributed by atoms with E-state index in [1.54, 1.807) is 17.1 Å². The maximum atomic E-state index is 14.5. The van der Waals surface area contributed by atoms with Gasteiger partial charge in [0.05, 0.1) is 28.9 Å². The number of benzene rings is 2. The van der Waals surface area contributed by atoms with Crippen molar-refractivity contribution >= 4 is 37.0 Å². The smallest absolute Gasteiger partial charge is 0.402 e. The zero-order chi connectivity index (χ0) is 33.7. The van der Waals surface area contributed by atoms with Crippen LogP contribution >= 0.6 is 0 Å². The minimum Gasteiger partial charge on any atom is -0.402 e. The Kier molecular flexibility index (Phi) is 9.79. The van der Waals surface area contributed by atoms with Crippen LogP contribution in [0, 0.1) is 19.3 Å². The summed E-state index contributed by atoms with van der Waals surface area (Å²) in [5, 5.41) is 1.54. The molecule has 2 aromatic rings. The molecule has 2 amide bonds. The molecule has 2 saturated heterocycles. The Bertz CT molecular complexity index is 1420. The number of hydrazine groups is 1. The van der Waals surface area contributed by atoms with E-state index in [2.05, 4.69) is 33.1 Å². The molecule has 2 aliphatic heterocycles. The summed E-state index contributed by atoms with van der Waals surface area (Å²) < 4.78 is 25.0. The fourth-order valence-corrected chi connectivity index (χ4v) is 5.94. The van der Waals surface area contributed by atoms with Gasteiger partial charge in [-0.25, -0.2) is 5.01 Å². The van der Waals surface area contributed by atoms with E-state index in [9.17, 15) is 9.59 Å². The van der Waals surface area contributed by atoms with Crippen molar-refractivity contribution in [1.29, 1.82) is 0 Å². The number of nitrogens with one attached hydrogen (secondary N) is 1. The molecule has 2 aromatic carbocycles. The lowest BCUT2D eigenvalue weighted by atomic mass is 9.75. The fraction of sp³-hybridized carbons (Fsp3) is 0.600. The van der Waals surface area contributed by atoms with Crippen molar-refractivity contribution < 1.29 is 28.2 Å². The largest absolute Gasteiger partial charge is 0.495 e. The van der Waals surface area contributed by atoms with Gasteiger partial charge in [0.1, 0.15) is 0 Å². The molecule has 10 heteroatoms. The highest BCUT2D eigenvalue weighted by atomic mass is 16.7. The first-order valence-electron chi connectivity index (χ1n) is 16.2. The van der Waals surface area contributed by atoms with Crippen LogP contribution in [0.4, 0.5) is 0 Å². The summed E-state index contributed by atoms with van der Waals surface area (Å²) in [5.74, 6) is -0.641. The van der Waals surface area contributed by atoms with Crippen molar-refractivity contribution in [2.75, 3.05) is 0 Å². The van der Waals surface area contributed by atoms with Gasteiger partial charge in [-0.3, -0.25) is 15.0 Å². The summed E-state index contributed by atoms with van der Waals surface area (Å²) in [7, 11) is -1.19. The molecule has 8 nitrogen and oxygen atoms in total. The number of amides is 2. The first-order valence-corrected chi connectivity index (χ1v) is 16.2. The topological polar surface area (TPSA) is 86.3 Å². The van der Waals surface area contributed by atoms with E-state index in [1.807, 2.05) is 86.6 Å². The highest BCUT2D eigenvalue weighted by molar-refractivity contribution is 6.63. The number of nitrogens with zero attached hydrogens (tertiary/aromatic N) is 1. The lowest BCUT2D eigenvalue weighted by Gasteiger charge is -2.40. The molecule has 0 bridgehead atoms. The molecule has 0 radical (unpaired) electrons. The molecule has 2 aliphatic rings. The molecule has 4 rings (SSSR count). The van der Waals surface area contributed by atoms with Crippen molar-refractivity contribution in [2.45, 2.75) is 132 Å². The molecule has 0 aromatic heterocycles. The quantitative estimate of drug-likeness (QED) is 0.325. The van der Waals surface area contributed by atoms with Gasteiger partial charge in [-0.15, -0.1) is 0 Å². The number of rotatable bonds is 7. The van der Waals surface area contributed by atoms with Crippen LogP contribution in [0.15, 0.2) is 36.4 Å². The Morgan fingerprint density at radius 3 is 1.87 bits per heavy atom. The first kappa shape index (κ1) is 35.2. The Balaban J connectivity index is 1.71. The Hall–Kier alpha value is -2.65. The van der Waals surface area contributed by atoms with Crippen molar-refractivity contribution in [3.8, 4) is 0 Å². The molecule has 2 fully saturated rings. The molecule has 244 valence electrons. The molecule has 2 atom stereocenters. The number of hydrogen-bond donors (Lipinski definition) is 1. The van der Waals surface area contributed by atoms with Crippen molar-refractivity contribution in [2.24, 2.45) is 5.41 Å². The van der Waals surface area contributed by atoms with Gasteiger partial charge >= 0.3 is 14.2 Å². The average Bonchev–Trinajstić information content (AvgIpc) is 3.32. The molecule has 0 aliphatic carbocycles.